The number of hydrogen-bond acceptors (Lipinski definition) is 3. The van der Waals surface area contributed by atoms with Crippen LogP contribution < -0.4 is 11.1 Å². The van der Waals surface area contributed by atoms with Gasteiger partial charge in [0.25, 0.3) is 0 Å². The summed E-state index contributed by atoms with van der Waals surface area (Å²) in [6, 6.07) is 11.3. The van der Waals surface area contributed by atoms with Gasteiger partial charge in [0, 0.05) is 17.1 Å². The first-order valence-corrected chi connectivity index (χ1v) is 9.70. The molecule has 1 heterocycles. The van der Waals surface area contributed by atoms with Crippen molar-refractivity contribution >= 4 is 10.9 Å². The zero-order valence-electron chi connectivity index (χ0n) is 14.8. The molecule has 1 aromatic carbocycles. The molecule has 0 radical (unpaired) electrons. The molecule has 0 saturated carbocycles. The molecule has 3 nitrogen and oxygen atoms in total. The number of pyridine rings is 1. The van der Waals surface area contributed by atoms with Crippen molar-refractivity contribution in [2.45, 2.75) is 63.8 Å². The molecular formula is C21H31N3. The highest BCUT2D eigenvalue weighted by Crippen LogP contribution is 2.31. The van der Waals surface area contributed by atoms with Crippen molar-refractivity contribution in [1.82, 2.24) is 10.3 Å². The first kappa shape index (κ1) is 17.4. The van der Waals surface area contributed by atoms with E-state index in [9.17, 15) is 0 Å². The number of unbranched alkanes of at least 4 members (excludes halogenated alkanes) is 5. The van der Waals surface area contributed by atoms with Gasteiger partial charge in [-0.2, -0.15) is 0 Å². The summed E-state index contributed by atoms with van der Waals surface area (Å²) >= 11 is 0. The SMILES string of the molecule is NCCCCCCCCNC1CCCc2nc3ccccc3cc21. The minimum absolute atomic E-state index is 0.489. The Balaban J connectivity index is 1.50. The summed E-state index contributed by atoms with van der Waals surface area (Å²) in [7, 11) is 0. The Bertz CT molecular complexity index is 638. The Morgan fingerprint density at radius 3 is 2.71 bits per heavy atom. The van der Waals surface area contributed by atoms with Crippen LogP contribution in [0.5, 0.6) is 0 Å². The number of fused-ring (bicyclic) bond motifs is 2. The lowest BCUT2D eigenvalue weighted by atomic mass is 9.90. The van der Waals surface area contributed by atoms with Gasteiger partial charge in [0.2, 0.25) is 0 Å². The van der Waals surface area contributed by atoms with Crippen LogP contribution in [0.15, 0.2) is 30.3 Å². The largest absolute Gasteiger partial charge is 0.330 e. The predicted molar refractivity (Wildman–Crippen MR) is 102 cm³/mol. The van der Waals surface area contributed by atoms with Crippen molar-refractivity contribution in [3.8, 4) is 0 Å². The maximum atomic E-state index is 5.53. The summed E-state index contributed by atoms with van der Waals surface area (Å²) < 4.78 is 0. The Hall–Kier alpha value is -1.45. The lowest BCUT2D eigenvalue weighted by molar-refractivity contribution is 0.444. The fourth-order valence-electron chi connectivity index (χ4n) is 3.77. The van der Waals surface area contributed by atoms with Crippen molar-refractivity contribution in [3.05, 3.63) is 41.6 Å². The molecule has 0 amide bonds. The van der Waals surface area contributed by atoms with Crippen LogP contribution in [-0.2, 0) is 6.42 Å². The van der Waals surface area contributed by atoms with E-state index in [1.807, 2.05) is 0 Å². The Morgan fingerprint density at radius 1 is 1.04 bits per heavy atom. The van der Waals surface area contributed by atoms with Gasteiger partial charge in [0.1, 0.15) is 0 Å². The van der Waals surface area contributed by atoms with Gasteiger partial charge in [-0.05, 0) is 62.9 Å². The van der Waals surface area contributed by atoms with Crippen LogP contribution in [0.2, 0.25) is 0 Å². The fraction of sp³-hybridized carbons (Fsp3) is 0.571. The first-order valence-electron chi connectivity index (χ1n) is 9.70. The van der Waals surface area contributed by atoms with Crippen molar-refractivity contribution < 1.29 is 0 Å². The minimum Gasteiger partial charge on any atom is -0.330 e. The first-order chi connectivity index (χ1) is 11.9. The topological polar surface area (TPSA) is 50.9 Å². The second-order valence-electron chi connectivity index (χ2n) is 7.03. The summed E-state index contributed by atoms with van der Waals surface area (Å²) in [6.07, 6.45) is 11.4. The average molecular weight is 326 g/mol. The van der Waals surface area contributed by atoms with Crippen LogP contribution in [0.4, 0.5) is 0 Å². The summed E-state index contributed by atoms with van der Waals surface area (Å²) in [5.41, 5.74) is 9.40. The second-order valence-corrected chi connectivity index (χ2v) is 7.03. The van der Waals surface area contributed by atoms with Crippen LogP contribution in [0.25, 0.3) is 10.9 Å². The number of aryl methyl sites for hydroxylation is 1. The molecule has 3 rings (SSSR count). The highest BCUT2D eigenvalue weighted by atomic mass is 14.9. The van der Waals surface area contributed by atoms with E-state index in [0.717, 1.165) is 25.0 Å². The fourth-order valence-corrected chi connectivity index (χ4v) is 3.77. The van der Waals surface area contributed by atoms with Crippen LogP contribution in [0.3, 0.4) is 0 Å². The molecule has 0 saturated heterocycles. The standard InChI is InChI=1S/C21H31N3/c22-14-7-3-1-2-4-8-15-23-20-12-9-13-21-18(20)16-17-10-5-6-11-19(17)24-21/h5-6,10-11,16,20,23H,1-4,7-9,12-15,22H2. The van der Waals surface area contributed by atoms with Gasteiger partial charge in [0.15, 0.2) is 0 Å². The predicted octanol–water partition coefficient (Wildman–Crippen LogP) is 4.50. The number of nitrogens with two attached hydrogens (primary N) is 1. The molecule has 1 aliphatic carbocycles. The highest BCUT2D eigenvalue weighted by Gasteiger charge is 2.21. The van der Waals surface area contributed by atoms with Gasteiger partial charge >= 0.3 is 0 Å². The van der Waals surface area contributed by atoms with E-state index in [-0.39, 0.29) is 0 Å². The summed E-state index contributed by atoms with van der Waals surface area (Å²) in [5, 5.41) is 5.05. The van der Waals surface area contributed by atoms with Crippen LogP contribution >= 0.6 is 0 Å². The number of para-hydroxylation sites is 1. The Kier molecular flexibility index (Phi) is 6.62. The molecule has 0 aliphatic heterocycles. The summed E-state index contributed by atoms with van der Waals surface area (Å²) in [6.45, 7) is 1.96. The van der Waals surface area contributed by atoms with Crippen LogP contribution in [0, 0.1) is 0 Å². The number of nitrogens with one attached hydrogen (secondary N) is 1. The quantitative estimate of drug-likeness (QED) is 0.667. The Labute approximate surface area is 146 Å². The number of nitrogens with zero attached hydrogens (tertiary/aromatic N) is 1. The molecular weight excluding hydrogens is 294 g/mol. The molecule has 3 heteroatoms. The summed E-state index contributed by atoms with van der Waals surface area (Å²) in [4.78, 5) is 4.90. The molecule has 1 aromatic heterocycles. The molecule has 0 bridgehead atoms. The van der Waals surface area contributed by atoms with Gasteiger partial charge in [-0.3, -0.25) is 4.98 Å². The van der Waals surface area contributed by atoms with E-state index in [0.29, 0.717) is 6.04 Å². The van der Waals surface area contributed by atoms with E-state index in [1.165, 1.54) is 68.0 Å². The van der Waals surface area contributed by atoms with Gasteiger partial charge in [-0.15, -0.1) is 0 Å². The van der Waals surface area contributed by atoms with Crippen molar-refractivity contribution in [3.63, 3.8) is 0 Å². The maximum Gasteiger partial charge on any atom is 0.0705 e. The molecule has 1 unspecified atom stereocenters. The lowest BCUT2D eigenvalue weighted by Crippen LogP contribution is -2.26. The number of hydrogen-bond donors (Lipinski definition) is 2. The molecule has 2 aromatic rings. The molecule has 1 aliphatic rings. The molecule has 1 atom stereocenters. The third-order valence-electron chi connectivity index (χ3n) is 5.14. The number of aromatic nitrogens is 1. The third kappa shape index (κ3) is 4.55. The molecule has 130 valence electrons. The number of rotatable bonds is 9. The Morgan fingerprint density at radius 2 is 1.83 bits per heavy atom. The molecule has 0 fully saturated rings. The molecule has 24 heavy (non-hydrogen) atoms. The number of benzene rings is 1. The van der Waals surface area contributed by atoms with Gasteiger partial charge in [0.05, 0.1) is 5.52 Å². The zero-order valence-corrected chi connectivity index (χ0v) is 14.8. The third-order valence-corrected chi connectivity index (χ3v) is 5.14. The van der Waals surface area contributed by atoms with Gasteiger partial charge < -0.3 is 11.1 Å². The van der Waals surface area contributed by atoms with E-state index in [1.54, 1.807) is 0 Å². The highest BCUT2D eigenvalue weighted by molar-refractivity contribution is 5.79. The molecule has 0 spiro atoms. The van der Waals surface area contributed by atoms with Crippen LogP contribution in [-0.4, -0.2) is 18.1 Å². The second kappa shape index (κ2) is 9.14. The average Bonchev–Trinajstić information content (AvgIpc) is 2.62. The van der Waals surface area contributed by atoms with Crippen molar-refractivity contribution in [1.29, 1.82) is 0 Å². The maximum absolute atomic E-state index is 5.53. The summed E-state index contributed by atoms with van der Waals surface area (Å²) in [5.74, 6) is 0. The smallest absolute Gasteiger partial charge is 0.0705 e. The lowest BCUT2D eigenvalue weighted by Gasteiger charge is -2.26. The van der Waals surface area contributed by atoms with Gasteiger partial charge in [-0.25, -0.2) is 0 Å². The van der Waals surface area contributed by atoms with E-state index >= 15 is 0 Å². The van der Waals surface area contributed by atoms with Crippen molar-refractivity contribution in [2.75, 3.05) is 13.1 Å². The van der Waals surface area contributed by atoms with E-state index in [4.69, 9.17) is 10.7 Å². The normalized spacial score (nSPS) is 17.1. The van der Waals surface area contributed by atoms with Gasteiger partial charge in [-0.1, -0.05) is 43.9 Å². The van der Waals surface area contributed by atoms with E-state index in [2.05, 4.69) is 35.6 Å². The monoisotopic (exact) mass is 325 g/mol. The zero-order chi connectivity index (χ0) is 16.6. The van der Waals surface area contributed by atoms with Crippen molar-refractivity contribution in [2.24, 2.45) is 5.73 Å². The van der Waals surface area contributed by atoms with Crippen LogP contribution in [0.1, 0.15) is 68.7 Å². The molecule has 3 N–H and O–H groups in total. The minimum atomic E-state index is 0.489. The van der Waals surface area contributed by atoms with E-state index < -0.39 is 0 Å².